The van der Waals surface area contributed by atoms with Crippen LogP contribution in [-0.2, 0) is 6.42 Å². The van der Waals surface area contributed by atoms with Gasteiger partial charge in [-0.05, 0) is 59.4 Å². The van der Waals surface area contributed by atoms with Crippen LogP contribution < -0.4 is 0 Å². The van der Waals surface area contributed by atoms with E-state index in [-0.39, 0.29) is 0 Å². The molecule has 0 N–H and O–H groups in total. The third-order valence-corrected chi connectivity index (χ3v) is 7.55. The number of hydrogen-bond acceptors (Lipinski definition) is 0. The minimum atomic E-state index is -1.41. The van der Waals surface area contributed by atoms with Gasteiger partial charge in [0.1, 0.15) is 0 Å². The molecular weight excluding hydrogens is 381 g/mol. The third kappa shape index (κ3) is 5.10. The Morgan fingerprint density at radius 3 is 1.67 bits per heavy atom. The predicted molar refractivity (Wildman–Crippen MR) is 117 cm³/mol. The van der Waals surface area contributed by atoms with Crippen LogP contribution in [0.4, 0.5) is 13.2 Å². The van der Waals surface area contributed by atoms with Crippen molar-refractivity contribution >= 4 is 0 Å². The molecule has 0 atom stereocenters. The summed E-state index contributed by atoms with van der Waals surface area (Å²) in [6, 6.07) is 10.1. The summed E-state index contributed by atoms with van der Waals surface area (Å²) < 4.78 is 40.3. The van der Waals surface area contributed by atoms with E-state index in [2.05, 4.69) is 12.1 Å². The zero-order valence-corrected chi connectivity index (χ0v) is 17.8. The maximum Gasteiger partial charge on any atom is 0.194 e. The van der Waals surface area contributed by atoms with Crippen molar-refractivity contribution in [3.8, 4) is 11.1 Å². The number of benzene rings is 2. The molecule has 2 aromatic carbocycles. The Kier molecular flexibility index (Phi) is 7.17. The molecule has 162 valence electrons. The van der Waals surface area contributed by atoms with Gasteiger partial charge in [-0.3, -0.25) is 0 Å². The van der Waals surface area contributed by atoms with Gasteiger partial charge in [0.2, 0.25) is 0 Å². The Bertz CT molecular complexity index is 773. The van der Waals surface area contributed by atoms with Crippen LogP contribution in [0.15, 0.2) is 36.4 Å². The molecule has 0 radical (unpaired) electrons. The van der Waals surface area contributed by atoms with Gasteiger partial charge in [0.25, 0.3) is 0 Å². The van der Waals surface area contributed by atoms with Gasteiger partial charge in [0.15, 0.2) is 17.5 Å². The molecular formula is C27H33F3. The molecule has 0 heterocycles. The molecule has 4 rings (SSSR count). The fourth-order valence-electron chi connectivity index (χ4n) is 5.90. The topological polar surface area (TPSA) is 0 Å². The number of aryl methyl sites for hydroxylation is 1. The van der Waals surface area contributed by atoms with Gasteiger partial charge in [-0.2, -0.15) is 0 Å². The average Bonchev–Trinajstić information content (AvgIpc) is 2.79. The van der Waals surface area contributed by atoms with Crippen molar-refractivity contribution in [2.24, 2.45) is 17.8 Å². The Labute approximate surface area is 178 Å². The highest BCUT2D eigenvalue weighted by molar-refractivity contribution is 5.63. The van der Waals surface area contributed by atoms with E-state index >= 15 is 0 Å². The van der Waals surface area contributed by atoms with E-state index in [0.29, 0.717) is 11.1 Å². The van der Waals surface area contributed by atoms with Gasteiger partial charge in [-0.1, -0.05) is 88.5 Å². The minimum absolute atomic E-state index is 0.375. The van der Waals surface area contributed by atoms with Gasteiger partial charge >= 0.3 is 0 Å². The first-order chi connectivity index (χ1) is 14.6. The van der Waals surface area contributed by atoms with E-state index in [9.17, 15) is 13.2 Å². The highest BCUT2D eigenvalue weighted by Crippen LogP contribution is 2.42. The van der Waals surface area contributed by atoms with Crippen LogP contribution >= 0.6 is 0 Å². The molecule has 30 heavy (non-hydrogen) atoms. The monoisotopic (exact) mass is 414 g/mol. The summed E-state index contributed by atoms with van der Waals surface area (Å²) in [6.07, 6.45) is 16.3. The van der Waals surface area contributed by atoms with Gasteiger partial charge in [0.05, 0.1) is 0 Å². The van der Waals surface area contributed by atoms with Gasteiger partial charge in [-0.15, -0.1) is 0 Å². The van der Waals surface area contributed by atoms with Crippen molar-refractivity contribution in [1.29, 1.82) is 0 Å². The first-order valence-electron chi connectivity index (χ1n) is 11.9. The van der Waals surface area contributed by atoms with Crippen LogP contribution in [-0.4, -0.2) is 0 Å². The predicted octanol–water partition coefficient (Wildman–Crippen LogP) is 8.48. The van der Waals surface area contributed by atoms with Crippen LogP contribution in [0.25, 0.3) is 11.1 Å². The molecule has 3 heteroatoms. The Morgan fingerprint density at radius 1 is 0.667 bits per heavy atom. The lowest BCUT2D eigenvalue weighted by Crippen LogP contribution is -2.27. The molecule has 0 amide bonds. The lowest BCUT2D eigenvalue weighted by molar-refractivity contribution is 0.135. The van der Waals surface area contributed by atoms with Gasteiger partial charge in [-0.25, -0.2) is 13.2 Å². The fraction of sp³-hybridized carbons (Fsp3) is 0.556. The molecule has 2 saturated carbocycles. The normalized spacial score (nSPS) is 18.8. The van der Waals surface area contributed by atoms with Crippen LogP contribution in [0.3, 0.4) is 0 Å². The van der Waals surface area contributed by atoms with Crippen LogP contribution in [0.2, 0.25) is 0 Å². The second kappa shape index (κ2) is 10.0. The molecule has 0 aromatic heterocycles. The maximum absolute atomic E-state index is 13.6. The summed E-state index contributed by atoms with van der Waals surface area (Å²) in [4.78, 5) is 0. The third-order valence-electron chi connectivity index (χ3n) is 7.55. The average molecular weight is 415 g/mol. The lowest BCUT2D eigenvalue weighted by atomic mass is 9.68. The first kappa shape index (κ1) is 21.5. The van der Waals surface area contributed by atoms with E-state index in [4.69, 9.17) is 0 Å². The molecule has 0 aliphatic heterocycles. The van der Waals surface area contributed by atoms with Crippen LogP contribution in [0.1, 0.15) is 76.2 Å². The molecule has 0 unspecified atom stereocenters. The number of halogens is 3. The van der Waals surface area contributed by atoms with E-state index in [1.807, 2.05) is 12.1 Å². The molecule has 2 aromatic rings. The Balaban J connectivity index is 1.43. The second-order valence-electron chi connectivity index (χ2n) is 9.45. The standard InChI is InChI=1S/C27H33F3/c28-25-17-23(18-26(29)27(25)30)20-14-11-19(12-15-20)13-16-24(21-7-3-1-4-8-21)22-9-5-2-6-10-22/h11-12,14-15,17-18,21-22,24H,1-10,13,16H2. The molecule has 2 aliphatic carbocycles. The smallest absolute Gasteiger partial charge is 0.194 e. The van der Waals surface area contributed by atoms with Gasteiger partial charge in [0, 0.05) is 0 Å². The summed E-state index contributed by atoms with van der Waals surface area (Å²) in [5.41, 5.74) is 2.37. The highest BCUT2D eigenvalue weighted by Gasteiger charge is 2.31. The van der Waals surface area contributed by atoms with Crippen molar-refractivity contribution in [2.75, 3.05) is 0 Å². The summed E-state index contributed by atoms with van der Waals surface area (Å²) in [5, 5.41) is 0. The molecule has 2 aliphatic rings. The molecule has 0 spiro atoms. The van der Waals surface area contributed by atoms with Crippen molar-refractivity contribution in [1.82, 2.24) is 0 Å². The summed E-state index contributed by atoms with van der Waals surface area (Å²) in [7, 11) is 0. The van der Waals surface area contributed by atoms with E-state index in [1.165, 1.54) is 76.2 Å². The number of hydrogen-bond donors (Lipinski definition) is 0. The molecule has 0 saturated heterocycles. The Hall–Kier alpha value is -1.77. The highest BCUT2D eigenvalue weighted by atomic mass is 19.2. The first-order valence-corrected chi connectivity index (χ1v) is 11.9. The Morgan fingerprint density at radius 2 is 1.17 bits per heavy atom. The fourth-order valence-corrected chi connectivity index (χ4v) is 5.90. The maximum atomic E-state index is 13.6. The van der Waals surface area contributed by atoms with Crippen molar-refractivity contribution in [3.63, 3.8) is 0 Å². The largest absolute Gasteiger partial charge is 0.204 e. The quantitative estimate of drug-likeness (QED) is 0.416. The minimum Gasteiger partial charge on any atom is -0.204 e. The molecule has 0 nitrogen and oxygen atoms in total. The second-order valence-corrected chi connectivity index (χ2v) is 9.45. The van der Waals surface area contributed by atoms with E-state index in [1.54, 1.807) is 0 Å². The zero-order valence-electron chi connectivity index (χ0n) is 17.8. The van der Waals surface area contributed by atoms with Crippen molar-refractivity contribution in [3.05, 3.63) is 59.4 Å². The SMILES string of the molecule is Fc1cc(-c2ccc(CCC(C3CCCCC3)C3CCCCC3)cc2)cc(F)c1F. The summed E-state index contributed by atoms with van der Waals surface area (Å²) in [5.74, 6) is -1.07. The van der Waals surface area contributed by atoms with E-state index in [0.717, 1.165) is 36.3 Å². The number of rotatable bonds is 6. The van der Waals surface area contributed by atoms with Crippen LogP contribution in [0.5, 0.6) is 0 Å². The lowest BCUT2D eigenvalue weighted by Gasteiger charge is -2.38. The van der Waals surface area contributed by atoms with Gasteiger partial charge < -0.3 is 0 Å². The van der Waals surface area contributed by atoms with Crippen LogP contribution in [0, 0.1) is 35.2 Å². The zero-order chi connectivity index (χ0) is 20.9. The summed E-state index contributed by atoms with van der Waals surface area (Å²) >= 11 is 0. The summed E-state index contributed by atoms with van der Waals surface area (Å²) in [6.45, 7) is 0. The van der Waals surface area contributed by atoms with Crippen molar-refractivity contribution < 1.29 is 13.2 Å². The van der Waals surface area contributed by atoms with Crippen molar-refractivity contribution in [2.45, 2.75) is 77.0 Å². The molecule has 0 bridgehead atoms. The van der Waals surface area contributed by atoms with E-state index < -0.39 is 17.5 Å². The molecule has 2 fully saturated rings.